The van der Waals surface area contributed by atoms with Crippen molar-refractivity contribution in [1.29, 1.82) is 0 Å². The first-order valence-corrected chi connectivity index (χ1v) is 7.25. The van der Waals surface area contributed by atoms with Crippen LogP contribution in [0.2, 0.25) is 0 Å². The normalized spacial score (nSPS) is 10.8. The highest BCUT2D eigenvalue weighted by atomic mass is 14.9. The topological polar surface area (TPSA) is 27.8 Å². The molecule has 0 spiro atoms. The number of nitrogens with one attached hydrogen (secondary N) is 2. The van der Waals surface area contributed by atoms with E-state index in [1.807, 2.05) is 0 Å². The van der Waals surface area contributed by atoms with Crippen molar-refractivity contribution < 1.29 is 0 Å². The molecular weight excluding hydrogens is 244 g/mol. The summed E-state index contributed by atoms with van der Waals surface area (Å²) in [6.45, 7) is 3.07. The van der Waals surface area contributed by atoms with Gasteiger partial charge in [0.15, 0.2) is 0 Å². The molecule has 0 bridgehead atoms. The minimum atomic E-state index is 0.852. The lowest BCUT2D eigenvalue weighted by atomic mass is 10.1. The molecule has 0 saturated heterocycles. The molecule has 20 heavy (non-hydrogen) atoms. The van der Waals surface area contributed by atoms with Gasteiger partial charge in [0.2, 0.25) is 0 Å². The van der Waals surface area contributed by atoms with Gasteiger partial charge in [0, 0.05) is 29.3 Å². The van der Waals surface area contributed by atoms with E-state index in [9.17, 15) is 0 Å². The zero-order valence-electron chi connectivity index (χ0n) is 11.8. The highest BCUT2D eigenvalue weighted by Gasteiger charge is 2.04. The molecule has 0 radical (unpaired) electrons. The van der Waals surface area contributed by atoms with Gasteiger partial charge >= 0.3 is 0 Å². The Bertz CT molecular complexity index is 697. The van der Waals surface area contributed by atoms with Crippen LogP contribution in [0.5, 0.6) is 0 Å². The van der Waals surface area contributed by atoms with Crippen LogP contribution in [0.25, 0.3) is 10.9 Å². The highest BCUT2D eigenvalue weighted by molar-refractivity contribution is 5.83. The molecule has 2 heteroatoms. The van der Waals surface area contributed by atoms with Crippen LogP contribution in [0, 0.1) is 0 Å². The summed E-state index contributed by atoms with van der Waals surface area (Å²) in [5, 5.41) is 4.87. The molecule has 0 atom stereocenters. The first kappa shape index (κ1) is 12.8. The first-order chi connectivity index (χ1) is 9.88. The van der Waals surface area contributed by atoms with Crippen molar-refractivity contribution in [3.63, 3.8) is 0 Å². The quantitative estimate of drug-likeness (QED) is 0.685. The first-order valence-electron chi connectivity index (χ1n) is 7.25. The Balaban J connectivity index is 1.80. The molecule has 0 aliphatic rings. The molecular formula is C18H20N2. The number of anilines is 1. The van der Waals surface area contributed by atoms with Gasteiger partial charge in [0.1, 0.15) is 0 Å². The molecule has 1 aromatic heterocycles. The summed E-state index contributed by atoms with van der Waals surface area (Å²) in [7, 11) is 0. The SMILES string of the molecule is CCCc1ccccc1NCc1c[nH]c2ccccc12. The third-order valence-corrected chi connectivity index (χ3v) is 3.68. The van der Waals surface area contributed by atoms with E-state index in [1.54, 1.807) is 0 Å². The van der Waals surface area contributed by atoms with Gasteiger partial charge in [0.05, 0.1) is 0 Å². The van der Waals surface area contributed by atoms with Crippen molar-refractivity contribution in [1.82, 2.24) is 4.98 Å². The molecule has 0 fully saturated rings. The zero-order chi connectivity index (χ0) is 13.8. The molecule has 0 saturated carbocycles. The van der Waals surface area contributed by atoms with E-state index in [1.165, 1.54) is 34.1 Å². The van der Waals surface area contributed by atoms with Gasteiger partial charge in [-0.05, 0) is 29.7 Å². The molecule has 0 unspecified atom stereocenters. The summed E-state index contributed by atoms with van der Waals surface area (Å²) in [4.78, 5) is 3.32. The Morgan fingerprint density at radius 2 is 1.75 bits per heavy atom. The predicted molar refractivity (Wildman–Crippen MR) is 86.1 cm³/mol. The molecule has 3 aromatic rings. The second-order valence-electron chi connectivity index (χ2n) is 5.12. The van der Waals surface area contributed by atoms with Gasteiger partial charge in [-0.2, -0.15) is 0 Å². The molecule has 3 rings (SSSR count). The zero-order valence-corrected chi connectivity index (χ0v) is 11.8. The third-order valence-electron chi connectivity index (χ3n) is 3.68. The van der Waals surface area contributed by atoms with Gasteiger partial charge in [-0.15, -0.1) is 0 Å². The summed E-state index contributed by atoms with van der Waals surface area (Å²) in [5.41, 5.74) is 5.16. The lowest BCUT2D eigenvalue weighted by molar-refractivity contribution is 0.920. The van der Waals surface area contributed by atoms with Crippen molar-refractivity contribution in [3.05, 3.63) is 65.9 Å². The number of H-pyrrole nitrogens is 1. The molecule has 0 aliphatic heterocycles. The van der Waals surface area contributed by atoms with Gasteiger partial charge in [-0.1, -0.05) is 49.7 Å². The van der Waals surface area contributed by atoms with Crippen LogP contribution >= 0.6 is 0 Å². The number of hydrogen-bond donors (Lipinski definition) is 2. The second kappa shape index (κ2) is 5.83. The Kier molecular flexibility index (Phi) is 3.73. The van der Waals surface area contributed by atoms with Crippen molar-refractivity contribution in [3.8, 4) is 0 Å². The van der Waals surface area contributed by atoms with Gasteiger partial charge < -0.3 is 10.3 Å². The van der Waals surface area contributed by atoms with E-state index in [4.69, 9.17) is 0 Å². The van der Waals surface area contributed by atoms with Crippen molar-refractivity contribution in [2.24, 2.45) is 0 Å². The molecule has 1 heterocycles. The van der Waals surface area contributed by atoms with E-state index in [2.05, 4.69) is 72.0 Å². The number of aryl methyl sites for hydroxylation is 1. The van der Waals surface area contributed by atoms with Crippen LogP contribution in [0.1, 0.15) is 24.5 Å². The summed E-state index contributed by atoms with van der Waals surface area (Å²) in [6, 6.07) is 17.0. The Morgan fingerprint density at radius 1 is 0.950 bits per heavy atom. The average Bonchev–Trinajstić information content (AvgIpc) is 2.90. The number of fused-ring (bicyclic) bond motifs is 1. The summed E-state index contributed by atoms with van der Waals surface area (Å²) < 4.78 is 0. The van der Waals surface area contributed by atoms with Crippen LogP contribution in [-0.4, -0.2) is 4.98 Å². The lowest BCUT2D eigenvalue weighted by Gasteiger charge is -2.11. The van der Waals surface area contributed by atoms with Crippen molar-refractivity contribution in [2.75, 3.05) is 5.32 Å². The van der Waals surface area contributed by atoms with Gasteiger partial charge in [-0.25, -0.2) is 0 Å². The van der Waals surface area contributed by atoms with Gasteiger partial charge in [0.25, 0.3) is 0 Å². The van der Waals surface area contributed by atoms with Crippen LogP contribution < -0.4 is 5.32 Å². The number of benzene rings is 2. The maximum absolute atomic E-state index is 3.57. The van der Waals surface area contributed by atoms with Crippen LogP contribution in [-0.2, 0) is 13.0 Å². The van der Waals surface area contributed by atoms with E-state index >= 15 is 0 Å². The largest absolute Gasteiger partial charge is 0.381 e. The number of aromatic amines is 1. The standard InChI is InChI=1S/C18H20N2/c1-2-7-14-8-3-5-10-17(14)19-12-15-13-20-18-11-6-4-9-16(15)18/h3-6,8-11,13,19-20H,2,7,12H2,1H3. The Morgan fingerprint density at radius 3 is 2.65 bits per heavy atom. The second-order valence-corrected chi connectivity index (χ2v) is 5.12. The summed E-state index contributed by atoms with van der Waals surface area (Å²) in [6.07, 6.45) is 4.39. The maximum Gasteiger partial charge on any atom is 0.0457 e. The molecule has 2 N–H and O–H groups in total. The fraction of sp³-hybridized carbons (Fsp3) is 0.222. The van der Waals surface area contributed by atoms with Crippen LogP contribution in [0.4, 0.5) is 5.69 Å². The number of hydrogen-bond acceptors (Lipinski definition) is 1. The molecule has 102 valence electrons. The summed E-state index contributed by atoms with van der Waals surface area (Å²) in [5.74, 6) is 0. The fourth-order valence-electron chi connectivity index (χ4n) is 2.65. The van der Waals surface area contributed by atoms with Crippen LogP contribution in [0.3, 0.4) is 0 Å². The van der Waals surface area contributed by atoms with E-state index < -0.39 is 0 Å². The molecule has 2 nitrogen and oxygen atoms in total. The average molecular weight is 264 g/mol. The summed E-state index contributed by atoms with van der Waals surface area (Å²) >= 11 is 0. The van der Waals surface area contributed by atoms with Gasteiger partial charge in [-0.3, -0.25) is 0 Å². The smallest absolute Gasteiger partial charge is 0.0457 e. The third kappa shape index (κ3) is 2.55. The van der Waals surface area contributed by atoms with Crippen LogP contribution in [0.15, 0.2) is 54.7 Å². The highest BCUT2D eigenvalue weighted by Crippen LogP contribution is 2.21. The molecule has 0 amide bonds. The Labute approximate surface area is 119 Å². The number of aromatic nitrogens is 1. The molecule has 2 aromatic carbocycles. The monoisotopic (exact) mass is 264 g/mol. The predicted octanol–water partition coefficient (Wildman–Crippen LogP) is 4.73. The number of para-hydroxylation sites is 2. The van der Waals surface area contributed by atoms with E-state index in [-0.39, 0.29) is 0 Å². The minimum absolute atomic E-state index is 0.852. The number of rotatable bonds is 5. The molecule has 0 aliphatic carbocycles. The lowest BCUT2D eigenvalue weighted by Crippen LogP contribution is -2.01. The van der Waals surface area contributed by atoms with Crippen molar-refractivity contribution >= 4 is 16.6 Å². The fourth-order valence-corrected chi connectivity index (χ4v) is 2.65. The Hall–Kier alpha value is -2.22. The van der Waals surface area contributed by atoms with E-state index in [0.717, 1.165) is 13.0 Å². The maximum atomic E-state index is 3.57. The van der Waals surface area contributed by atoms with E-state index in [0.29, 0.717) is 0 Å². The minimum Gasteiger partial charge on any atom is -0.381 e. The van der Waals surface area contributed by atoms with Crippen molar-refractivity contribution in [2.45, 2.75) is 26.3 Å².